The molecule has 1 fully saturated rings. The number of aliphatic hydroxyl groups is 1. The summed E-state index contributed by atoms with van der Waals surface area (Å²) in [6.07, 6.45) is 4.09. The smallest absolute Gasteiger partial charge is 0.302 e. The first-order valence-electron chi connectivity index (χ1n) is 4.55. The first kappa shape index (κ1) is 9.52. The zero-order valence-electron chi connectivity index (χ0n) is 7.45. The van der Waals surface area contributed by atoms with Crippen LogP contribution >= 0.6 is 0 Å². The molecule has 1 rings (SSSR count). The molecule has 70 valence electrons. The zero-order chi connectivity index (χ0) is 8.97. The van der Waals surface area contributed by atoms with Crippen LogP contribution in [0, 0.1) is 0 Å². The molecule has 1 aliphatic rings. The summed E-state index contributed by atoms with van der Waals surface area (Å²) in [4.78, 5) is 10.6. The minimum atomic E-state index is -0.448. The van der Waals surface area contributed by atoms with E-state index >= 15 is 0 Å². The van der Waals surface area contributed by atoms with Crippen molar-refractivity contribution in [2.24, 2.45) is 0 Å². The third-order valence-corrected chi connectivity index (χ3v) is 2.24. The minimum absolute atomic E-state index is 0.259. The Bertz CT molecular complexity index is 156. The minimum Gasteiger partial charge on any atom is -0.460 e. The van der Waals surface area contributed by atoms with Crippen molar-refractivity contribution in [2.45, 2.75) is 51.2 Å². The maximum absolute atomic E-state index is 10.6. The maximum atomic E-state index is 10.6. The fourth-order valence-corrected chi connectivity index (χ4v) is 1.60. The van der Waals surface area contributed by atoms with Crippen LogP contribution in [0.15, 0.2) is 0 Å². The van der Waals surface area contributed by atoms with Gasteiger partial charge in [0.15, 0.2) is 0 Å². The van der Waals surface area contributed by atoms with E-state index in [1.54, 1.807) is 0 Å². The third kappa shape index (κ3) is 2.81. The van der Waals surface area contributed by atoms with Crippen LogP contribution in [0.25, 0.3) is 0 Å². The molecule has 0 amide bonds. The van der Waals surface area contributed by atoms with E-state index in [4.69, 9.17) is 4.74 Å². The number of aliphatic hydroxyl groups excluding tert-OH is 1. The summed E-state index contributed by atoms with van der Waals surface area (Å²) in [6, 6.07) is 0. The third-order valence-electron chi connectivity index (χ3n) is 2.24. The number of hydrogen-bond donors (Lipinski definition) is 1. The Morgan fingerprint density at radius 1 is 1.33 bits per heavy atom. The average molecular weight is 172 g/mol. The summed E-state index contributed by atoms with van der Waals surface area (Å²) in [5.74, 6) is -0.291. The molecule has 0 radical (unpaired) electrons. The van der Waals surface area contributed by atoms with Gasteiger partial charge in [-0.1, -0.05) is 12.8 Å². The normalized spacial score (nSPS) is 30.8. The molecule has 1 saturated carbocycles. The molecule has 0 heterocycles. The number of rotatable bonds is 1. The molecule has 2 atom stereocenters. The topological polar surface area (TPSA) is 46.5 Å². The fourth-order valence-electron chi connectivity index (χ4n) is 1.60. The highest BCUT2D eigenvalue weighted by Gasteiger charge is 2.23. The van der Waals surface area contributed by atoms with Crippen molar-refractivity contribution in [3.05, 3.63) is 0 Å². The first-order chi connectivity index (χ1) is 5.70. The van der Waals surface area contributed by atoms with Crippen LogP contribution in [0.1, 0.15) is 39.0 Å². The van der Waals surface area contributed by atoms with Gasteiger partial charge < -0.3 is 9.84 Å². The van der Waals surface area contributed by atoms with Crippen molar-refractivity contribution in [1.82, 2.24) is 0 Å². The van der Waals surface area contributed by atoms with Crippen molar-refractivity contribution in [3.8, 4) is 0 Å². The molecule has 3 nitrogen and oxygen atoms in total. The van der Waals surface area contributed by atoms with E-state index in [2.05, 4.69) is 0 Å². The predicted octanol–water partition coefficient (Wildman–Crippen LogP) is 1.24. The van der Waals surface area contributed by atoms with Crippen LogP contribution in [0.2, 0.25) is 0 Å². The molecule has 0 saturated heterocycles. The lowest BCUT2D eigenvalue weighted by molar-refractivity contribution is -0.152. The SMILES string of the molecule is CC(=O)O[C@@H]1CCCCC[C@@H]1O. The summed E-state index contributed by atoms with van der Waals surface area (Å²) in [5, 5.41) is 9.52. The molecule has 3 heteroatoms. The second-order valence-corrected chi connectivity index (χ2v) is 3.35. The van der Waals surface area contributed by atoms with Gasteiger partial charge in [0, 0.05) is 6.92 Å². The van der Waals surface area contributed by atoms with Gasteiger partial charge in [0.2, 0.25) is 0 Å². The summed E-state index contributed by atoms with van der Waals surface area (Å²) >= 11 is 0. The molecule has 0 aromatic carbocycles. The fraction of sp³-hybridized carbons (Fsp3) is 0.889. The molecular formula is C9H16O3. The zero-order valence-corrected chi connectivity index (χ0v) is 7.45. The lowest BCUT2D eigenvalue weighted by atomic mass is 10.1. The number of carbonyl (C=O) groups is 1. The Morgan fingerprint density at radius 2 is 2.00 bits per heavy atom. The lowest BCUT2D eigenvalue weighted by Crippen LogP contribution is -2.29. The Hall–Kier alpha value is -0.570. The van der Waals surface area contributed by atoms with Crippen molar-refractivity contribution in [2.75, 3.05) is 0 Å². The average Bonchev–Trinajstić information content (AvgIpc) is 2.16. The molecule has 12 heavy (non-hydrogen) atoms. The van der Waals surface area contributed by atoms with Crippen LogP contribution in [-0.4, -0.2) is 23.3 Å². The molecule has 0 spiro atoms. The maximum Gasteiger partial charge on any atom is 0.302 e. The molecule has 0 bridgehead atoms. The number of esters is 1. The van der Waals surface area contributed by atoms with Gasteiger partial charge in [-0.2, -0.15) is 0 Å². The molecule has 0 aromatic heterocycles. The second-order valence-electron chi connectivity index (χ2n) is 3.35. The van der Waals surface area contributed by atoms with E-state index < -0.39 is 6.10 Å². The van der Waals surface area contributed by atoms with E-state index in [0.717, 1.165) is 32.1 Å². The summed E-state index contributed by atoms with van der Waals surface area (Å²) in [7, 11) is 0. The predicted molar refractivity (Wildman–Crippen MR) is 44.6 cm³/mol. The first-order valence-corrected chi connectivity index (χ1v) is 4.55. The highest BCUT2D eigenvalue weighted by atomic mass is 16.6. The molecule has 1 aliphatic carbocycles. The van der Waals surface area contributed by atoms with E-state index in [-0.39, 0.29) is 12.1 Å². The van der Waals surface area contributed by atoms with Crippen LogP contribution in [-0.2, 0) is 9.53 Å². The Morgan fingerprint density at radius 3 is 2.67 bits per heavy atom. The standard InChI is InChI=1S/C9H16O3/c1-7(10)12-9-6-4-2-3-5-8(9)11/h8-9,11H,2-6H2,1H3/t8-,9+/m0/s1. The summed E-state index contributed by atoms with van der Waals surface area (Å²) in [6.45, 7) is 1.39. The highest BCUT2D eigenvalue weighted by molar-refractivity contribution is 5.66. The van der Waals surface area contributed by atoms with E-state index in [9.17, 15) is 9.90 Å². The highest BCUT2D eigenvalue weighted by Crippen LogP contribution is 2.20. The van der Waals surface area contributed by atoms with Crippen LogP contribution in [0.3, 0.4) is 0 Å². The van der Waals surface area contributed by atoms with Crippen molar-refractivity contribution in [3.63, 3.8) is 0 Å². The van der Waals surface area contributed by atoms with E-state index in [1.165, 1.54) is 6.92 Å². The molecule has 1 N–H and O–H groups in total. The van der Waals surface area contributed by atoms with Gasteiger partial charge in [0.25, 0.3) is 0 Å². The molecular weight excluding hydrogens is 156 g/mol. The second kappa shape index (κ2) is 4.45. The van der Waals surface area contributed by atoms with Gasteiger partial charge >= 0.3 is 5.97 Å². The monoisotopic (exact) mass is 172 g/mol. The summed E-state index contributed by atoms with van der Waals surface area (Å²) in [5.41, 5.74) is 0. The van der Waals surface area contributed by atoms with Crippen molar-refractivity contribution < 1.29 is 14.6 Å². The number of carbonyl (C=O) groups excluding carboxylic acids is 1. The van der Waals surface area contributed by atoms with Gasteiger partial charge in [-0.3, -0.25) is 4.79 Å². The van der Waals surface area contributed by atoms with E-state index in [1.807, 2.05) is 0 Å². The number of hydrogen-bond acceptors (Lipinski definition) is 3. The summed E-state index contributed by atoms with van der Waals surface area (Å²) < 4.78 is 4.99. The molecule has 0 aromatic rings. The van der Waals surface area contributed by atoms with Crippen LogP contribution < -0.4 is 0 Å². The van der Waals surface area contributed by atoms with Crippen LogP contribution in [0.4, 0.5) is 0 Å². The molecule has 0 aliphatic heterocycles. The lowest BCUT2D eigenvalue weighted by Gasteiger charge is -2.19. The van der Waals surface area contributed by atoms with Gasteiger partial charge in [0.1, 0.15) is 6.10 Å². The van der Waals surface area contributed by atoms with Gasteiger partial charge in [-0.05, 0) is 19.3 Å². The van der Waals surface area contributed by atoms with Gasteiger partial charge in [-0.15, -0.1) is 0 Å². The Balaban J connectivity index is 2.41. The molecule has 0 unspecified atom stereocenters. The van der Waals surface area contributed by atoms with E-state index in [0.29, 0.717) is 0 Å². The van der Waals surface area contributed by atoms with Crippen molar-refractivity contribution in [1.29, 1.82) is 0 Å². The van der Waals surface area contributed by atoms with Gasteiger partial charge in [0.05, 0.1) is 6.10 Å². The van der Waals surface area contributed by atoms with Gasteiger partial charge in [-0.25, -0.2) is 0 Å². The Kier molecular flexibility index (Phi) is 3.53. The quantitative estimate of drug-likeness (QED) is 0.478. The Labute approximate surface area is 72.7 Å². The largest absolute Gasteiger partial charge is 0.460 e. The number of ether oxygens (including phenoxy) is 1. The van der Waals surface area contributed by atoms with Crippen LogP contribution in [0.5, 0.6) is 0 Å². The van der Waals surface area contributed by atoms with Crippen molar-refractivity contribution >= 4 is 5.97 Å².